The van der Waals surface area contributed by atoms with Gasteiger partial charge in [-0.1, -0.05) is 358 Å². The average Bonchev–Trinajstić information content (AvgIpc) is 3.28. The smallest absolute Gasteiger partial charge is 0.0351 e. The van der Waals surface area contributed by atoms with E-state index in [-0.39, 0.29) is 0 Å². The zero-order chi connectivity index (χ0) is 44.4. The Labute approximate surface area is 396 Å². The Morgan fingerprint density at radius 2 is 0.210 bits per heavy atom. The molecule has 62 heavy (non-hydrogen) atoms. The van der Waals surface area contributed by atoms with E-state index in [9.17, 15) is 0 Å². The van der Waals surface area contributed by atoms with E-state index in [1.54, 1.807) is 0 Å². The van der Waals surface area contributed by atoms with Gasteiger partial charge in [0.05, 0.1) is 0 Å². The average molecular weight is 868 g/mol. The van der Waals surface area contributed by atoms with E-state index >= 15 is 0 Å². The molecule has 0 aromatic rings. The van der Waals surface area contributed by atoms with Crippen molar-refractivity contribution in [2.75, 3.05) is 0 Å². The third-order valence-corrected chi connectivity index (χ3v) is 14.5. The maximum absolute atomic E-state index is 2.31. The maximum Gasteiger partial charge on any atom is -0.0351 e. The maximum atomic E-state index is 2.31. The van der Waals surface area contributed by atoms with Crippen molar-refractivity contribution in [3.8, 4) is 0 Å². The van der Waals surface area contributed by atoms with Crippen LogP contribution in [0.25, 0.3) is 0 Å². The largest absolute Gasteiger partial charge is 0.0917 e. The Morgan fingerprint density at radius 3 is 0.290 bits per heavy atom. The number of hydrogen-bond donors (Lipinski definition) is 0. The van der Waals surface area contributed by atoms with Gasteiger partial charge >= 0.3 is 0 Å². The molecular formula is C62H122. The molecule has 0 spiro atoms. The minimum absolute atomic E-state index is 1.29. The molecule has 0 saturated heterocycles. The van der Waals surface area contributed by atoms with Gasteiger partial charge in [0.1, 0.15) is 0 Å². The van der Waals surface area contributed by atoms with E-state index < -0.39 is 0 Å². The summed E-state index contributed by atoms with van der Waals surface area (Å²) in [6.45, 7) is 4.27. The molecule has 0 fully saturated rings. The van der Waals surface area contributed by atoms with E-state index in [4.69, 9.17) is 0 Å². The lowest BCUT2D eigenvalue weighted by atomic mass is 10.0. The Hall–Kier alpha value is -0.520. The molecule has 0 radical (unpaired) electrons. The summed E-state index contributed by atoms with van der Waals surface area (Å²) in [5.74, 6) is 0. The van der Waals surface area contributed by atoms with Crippen LogP contribution in [-0.2, 0) is 0 Å². The second-order valence-electron chi connectivity index (χ2n) is 20.8. The molecule has 0 amide bonds. The van der Waals surface area contributed by atoms with Gasteiger partial charge in [-0.05, 0) is 39.5 Å². The van der Waals surface area contributed by atoms with Gasteiger partial charge in [-0.3, -0.25) is 0 Å². The molecule has 0 aliphatic rings. The lowest BCUT2D eigenvalue weighted by Crippen LogP contribution is -1.85. The third-order valence-electron chi connectivity index (χ3n) is 14.5. The van der Waals surface area contributed by atoms with Crippen LogP contribution < -0.4 is 0 Å². The van der Waals surface area contributed by atoms with Crippen molar-refractivity contribution in [2.45, 2.75) is 373 Å². The molecule has 0 atom stereocenters. The second-order valence-corrected chi connectivity index (χ2v) is 20.8. The van der Waals surface area contributed by atoms with Gasteiger partial charge in [-0.15, -0.1) is 0 Å². The minimum atomic E-state index is 1.29. The zero-order valence-electron chi connectivity index (χ0n) is 43.9. The lowest BCUT2D eigenvalue weighted by molar-refractivity contribution is 0.507. The van der Waals surface area contributed by atoms with E-state index in [0.29, 0.717) is 0 Å². The topological polar surface area (TPSA) is 0 Å². The van der Waals surface area contributed by atoms with Crippen LogP contribution in [0.4, 0.5) is 0 Å². The van der Waals surface area contributed by atoms with Crippen molar-refractivity contribution in [2.24, 2.45) is 0 Å². The van der Waals surface area contributed by atoms with Crippen LogP contribution in [0.1, 0.15) is 373 Å². The Kier molecular flexibility index (Phi) is 60.0. The van der Waals surface area contributed by atoms with Gasteiger partial charge < -0.3 is 0 Å². The molecular weight excluding hydrogens is 745 g/mol. The summed E-state index contributed by atoms with van der Waals surface area (Å²) in [6.07, 6.45) is 91.7. The molecule has 370 valence electrons. The highest BCUT2D eigenvalue weighted by atomic mass is 14.1. The molecule has 0 saturated carbocycles. The highest BCUT2D eigenvalue weighted by Crippen LogP contribution is 2.19. The first-order valence-corrected chi connectivity index (χ1v) is 30.1. The van der Waals surface area contributed by atoms with Crippen LogP contribution in [0.2, 0.25) is 0 Å². The van der Waals surface area contributed by atoms with Gasteiger partial charge in [0.25, 0.3) is 0 Å². The van der Waals surface area contributed by atoms with Gasteiger partial charge in [0.2, 0.25) is 0 Å². The Balaban J connectivity index is 3.07. The summed E-state index contributed by atoms with van der Waals surface area (Å²) in [7, 11) is 0. The fourth-order valence-electron chi connectivity index (χ4n) is 10.1. The molecule has 0 rings (SSSR count). The first-order valence-electron chi connectivity index (χ1n) is 30.1. The van der Waals surface area contributed by atoms with Crippen molar-refractivity contribution >= 4 is 0 Å². The van der Waals surface area contributed by atoms with Crippen LogP contribution in [0.5, 0.6) is 0 Å². The minimum Gasteiger partial charge on any atom is -0.0917 e. The molecule has 0 nitrogen and oxygen atoms in total. The van der Waals surface area contributed by atoms with Crippen LogP contribution in [-0.4, -0.2) is 0 Å². The van der Waals surface area contributed by atoms with Crippen molar-refractivity contribution in [3.05, 3.63) is 24.3 Å². The first kappa shape index (κ1) is 61.5. The molecule has 0 heterocycles. The summed E-state index contributed by atoms with van der Waals surface area (Å²) < 4.78 is 0. The SMILES string of the molecule is CC=CCCCCCCCCCCCCCCCCCCCCCCCCCCCCCCCCCCCCCCCCCCCCCCCCCCCCCCCCC=CC. The second kappa shape index (κ2) is 60.5. The van der Waals surface area contributed by atoms with Crippen molar-refractivity contribution in [1.82, 2.24) is 0 Å². The van der Waals surface area contributed by atoms with Crippen LogP contribution in [0.3, 0.4) is 0 Å². The predicted molar refractivity (Wildman–Crippen MR) is 288 cm³/mol. The molecule has 0 N–H and O–H groups in total. The van der Waals surface area contributed by atoms with Crippen LogP contribution in [0.15, 0.2) is 24.3 Å². The summed E-state index contributed by atoms with van der Waals surface area (Å²) in [5, 5.41) is 0. The van der Waals surface area contributed by atoms with E-state index in [1.165, 1.54) is 360 Å². The van der Waals surface area contributed by atoms with Gasteiger partial charge in [-0.2, -0.15) is 0 Å². The van der Waals surface area contributed by atoms with Crippen molar-refractivity contribution < 1.29 is 0 Å². The summed E-state index contributed by atoms with van der Waals surface area (Å²) in [4.78, 5) is 0. The monoisotopic (exact) mass is 867 g/mol. The van der Waals surface area contributed by atoms with Crippen molar-refractivity contribution in [1.29, 1.82) is 0 Å². The fourth-order valence-corrected chi connectivity index (χ4v) is 10.1. The quantitative estimate of drug-likeness (QED) is 0.0422. The molecule has 0 aliphatic heterocycles. The highest BCUT2D eigenvalue weighted by molar-refractivity contribution is 4.76. The lowest BCUT2D eigenvalue weighted by Gasteiger charge is -2.05. The van der Waals surface area contributed by atoms with Gasteiger partial charge in [0, 0.05) is 0 Å². The number of allylic oxidation sites excluding steroid dienone is 4. The third kappa shape index (κ3) is 59.5. The van der Waals surface area contributed by atoms with E-state index in [2.05, 4.69) is 38.2 Å². The van der Waals surface area contributed by atoms with E-state index in [0.717, 1.165) is 0 Å². The van der Waals surface area contributed by atoms with E-state index in [1.807, 2.05) is 0 Å². The number of unbranched alkanes of at least 4 members (excludes halogenated alkanes) is 55. The fraction of sp³-hybridized carbons (Fsp3) is 0.935. The molecule has 0 bridgehead atoms. The van der Waals surface area contributed by atoms with Crippen LogP contribution >= 0.6 is 0 Å². The summed E-state index contributed by atoms with van der Waals surface area (Å²) in [6, 6.07) is 0. The standard InChI is InChI=1S/C62H122/c1-3-5-7-9-11-13-15-17-19-21-23-25-27-29-31-33-35-37-39-41-43-45-47-49-51-53-55-57-59-61-62-60-58-56-54-52-50-48-46-44-42-40-38-36-34-32-30-28-26-24-22-20-18-16-14-12-10-8-6-4-2/h3-6H,7-62H2,1-2H3. The Morgan fingerprint density at radius 1 is 0.129 bits per heavy atom. The highest BCUT2D eigenvalue weighted by Gasteiger charge is 2.00. The zero-order valence-corrected chi connectivity index (χ0v) is 43.9. The summed E-state index contributed by atoms with van der Waals surface area (Å²) >= 11 is 0. The van der Waals surface area contributed by atoms with Gasteiger partial charge in [-0.25, -0.2) is 0 Å². The number of hydrogen-bond acceptors (Lipinski definition) is 0. The van der Waals surface area contributed by atoms with Crippen LogP contribution in [0, 0.1) is 0 Å². The molecule has 0 aromatic carbocycles. The summed E-state index contributed by atoms with van der Waals surface area (Å²) in [5.41, 5.74) is 0. The molecule has 0 unspecified atom stereocenters. The molecule has 0 aromatic heterocycles. The normalized spacial score (nSPS) is 12.0. The molecule has 0 aliphatic carbocycles. The van der Waals surface area contributed by atoms with Crippen molar-refractivity contribution in [3.63, 3.8) is 0 Å². The predicted octanol–water partition coefficient (Wildman–Crippen LogP) is 24.0. The van der Waals surface area contributed by atoms with Gasteiger partial charge in [0.15, 0.2) is 0 Å². The number of rotatable bonds is 57. The molecule has 0 heteroatoms. The Bertz CT molecular complexity index is 724. The first-order chi connectivity index (χ1) is 30.9.